The van der Waals surface area contributed by atoms with Crippen LogP contribution in [0.15, 0.2) is 28.7 Å². The molecule has 7 nitrogen and oxygen atoms in total. The predicted molar refractivity (Wildman–Crippen MR) is 118 cm³/mol. The molecule has 4 heterocycles. The highest BCUT2D eigenvalue weighted by atomic mass is 79.9. The fourth-order valence-corrected chi connectivity index (χ4v) is 5.08. The quantitative estimate of drug-likeness (QED) is 0.519. The molecular weight excluding hydrogens is 486 g/mol. The average molecular weight is 507 g/mol. The van der Waals surface area contributed by atoms with Crippen molar-refractivity contribution in [3.05, 3.63) is 45.6 Å². The van der Waals surface area contributed by atoms with Gasteiger partial charge < -0.3 is 14.7 Å². The molecule has 0 unspecified atom stereocenters. The van der Waals surface area contributed by atoms with E-state index in [2.05, 4.69) is 20.9 Å². The first-order valence-electron chi connectivity index (χ1n) is 10.5. The van der Waals surface area contributed by atoms with Crippen LogP contribution in [-0.4, -0.2) is 45.6 Å². The van der Waals surface area contributed by atoms with Crippen LogP contribution >= 0.6 is 15.9 Å². The number of fused-ring (bicyclic) bond motifs is 2. The summed E-state index contributed by atoms with van der Waals surface area (Å²) in [4.78, 5) is 17.9. The summed E-state index contributed by atoms with van der Waals surface area (Å²) in [6.07, 6.45) is 0.538. The Morgan fingerprint density at radius 2 is 2.03 bits per heavy atom. The number of hydrogen-bond donors (Lipinski definition) is 1. The number of nitrogens with zero attached hydrogens (tertiary/aromatic N) is 4. The Kier molecular flexibility index (Phi) is 5.58. The molecule has 1 N–H and O–H groups in total. The minimum Gasteiger partial charge on any atom is -0.477 e. The summed E-state index contributed by atoms with van der Waals surface area (Å²) in [6, 6.07) is 6.56. The van der Waals surface area contributed by atoms with Gasteiger partial charge in [0, 0.05) is 35.5 Å². The monoisotopic (exact) mass is 506 g/mol. The second kappa shape index (κ2) is 8.40. The van der Waals surface area contributed by atoms with Crippen molar-refractivity contribution >= 4 is 44.4 Å². The molecule has 0 amide bonds. The highest BCUT2D eigenvalue weighted by Gasteiger charge is 2.29. The highest BCUT2D eigenvalue weighted by molar-refractivity contribution is 9.10. The van der Waals surface area contributed by atoms with Crippen LogP contribution in [0.25, 0.3) is 11.0 Å². The number of aromatic carboxylic acids is 1. The number of rotatable bonds is 4. The van der Waals surface area contributed by atoms with Gasteiger partial charge >= 0.3 is 5.97 Å². The number of hydrogen-bond acceptors (Lipinski definition) is 5. The van der Waals surface area contributed by atoms with Crippen LogP contribution in [0.2, 0.25) is 0 Å². The van der Waals surface area contributed by atoms with E-state index in [9.17, 15) is 18.7 Å². The molecule has 2 aliphatic rings. The molecule has 3 aromatic rings. The number of carboxylic acids is 1. The van der Waals surface area contributed by atoms with Crippen LogP contribution in [0.1, 0.15) is 53.3 Å². The third-order valence-electron chi connectivity index (χ3n) is 6.10. The lowest BCUT2D eigenvalue weighted by atomic mass is 9.99. The molecule has 2 aromatic heterocycles. The molecule has 2 aliphatic heterocycles. The fraction of sp³-hybridized carbons (Fsp3) is 0.409. The minimum absolute atomic E-state index is 0.0772. The van der Waals surface area contributed by atoms with Crippen molar-refractivity contribution in [1.82, 2.24) is 14.8 Å². The summed E-state index contributed by atoms with van der Waals surface area (Å²) >= 11 is 3.27. The van der Waals surface area contributed by atoms with Crippen LogP contribution in [0, 0.1) is 0 Å². The van der Waals surface area contributed by atoms with Crippen molar-refractivity contribution in [3.8, 4) is 0 Å². The van der Waals surface area contributed by atoms with Gasteiger partial charge in [0.05, 0.1) is 11.6 Å². The summed E-state index contributed by atoms with van der Waals surface area (Å²) in [5.41, 5.74) is 2.64. The molecule has 1 saturated heterocycles. The van der Waals surface area contributed by atoms with Crippen molar-refractivity contribution in [2.24, 2.45) is 0 Å². The van der Waals surface area contributed by atoms with Crippen molar-refractivity contribution in [2.75, 3.05) is 24.7 Å². The number of ether oxygens (including phenoxy) is 1. The molecule has 0 bridgehead atoms. The van der Waals surface area contributed by atoms with Gasteiger partial charge in [0.15, 0.2) is 5.82 Å². The molecule has 0 atom stereocenters. The minimum atomic E-state index is -2.62. The number of carbonyl (C=O) groups is 1. The van der Waals surface area contributed by atoms with E-state index in [1.807, 2.05) is 9.58 Å². The van der Waals surface area contributed by atoms with Gasteiger partial charge in [-0.3, -0.25) is 4.68 Å². The number of pyridine rings is 1. The Hall–Kier alpha value is -2.59. The van der Waals surface area contributed by atoms with Gasteiger partial charge in [-0.2, -0.15) is 5.10 Å². The molecule has 0 radical (unpaired) electrons. The smallest absolute Gasteiger partial charge is 0.354 e. The Labute approximate surface area is 191 Å². The lowest BCUT2D eigenvalue weighted by Gasteiger charge is -2.30. The maximum atomic E-state index is 13.6. The van der Waals surface area contributed by atoms with Crippen molar-refractivity contribution in [2.45, 2.75) is 38.2 Å². The summed E-state index contributed by atoms with van der Waals surface area (Å²) < 4.78 is 35.0. The van der Waals surface area contributed by atoms with E-state index in [4.69, 9.17) is 9.84 Å². The lowest BCUT2D eigenvalue weighted by Crippen LogP contribution is -2.26. The second-order valence-electron chi connectivity index (χ2n) is 8.04. The SMILES string of the molecule is O=C(O)c1ccc2c(n1)c(N1CCCc3cc(Br)c(C(F)F)cc31)nn2C1CCOCC1. The Morgan fingerprint density at radius 1 is 1.25 bits per heavy atom. The van der Waals surface area contributed by atoms with Gasteiger partial charge in [0.1, 0.15) is 11.2 Å². The summed E-state index contributed by atoms with van der Waals surface area (Å²) in [6.45, 7) is 1.83. The van der Waals surface area contributed by atoms with Crippen molar-refractivity contribution < 1.29 is 23.4 Å². The number of aryl methyl sites for hydroxylation is 1. The number of carboxylic acid groups (broad SMARTS) is 1. The summed E-state index contributed by atoms with van der Waals surface area (Å²) in [5.74, 6) is -0.627. The van der Waals surface area contributed by atoms with Crippen molar-refractivity contribution in [3.63, 3.8) is 0 Å². The third-order valence-corrected chi connectivity index (χ3v) is 6.78. The van der Waals surface area contributed by atoms with Gasteiger partial charge in [-0.1, -0.05) is 15.9 Å². The third kappa shape index (κ3) is 3.65. The van der Waals surface area contributed by atoms with Crippen LogP contribution < -0.4 is 4.90 Å². The molecule has 5 rings (SSSR count). The molecular formula is C22H21BrF2N4O3. The van der Waals surface area contributed by atoms with E-state index in [1.165, 1.54) is 12.1 Å². The topological polar surface area (TPSA) is 80.5 Å². The molecule has 0 aliphatic carbocycles. The zero-order valence-corrected chi connectivity index (χ0v) is 18.7. The largest absolute Gasteiger partial charge is 0.477 e. The van der Waals surface area contributed by atoms with Gasteiger partial charge in [0.25, 0.3) is 6.43 Å². The van der Waals surface area contributed by atoms with E-state index in [0.29, 0.717) is 41.3 Å². The van der Waals surface area contributed by atoms with Crippen LogP contribution in [0.5, 0.6) is 0 Å². The molecule has 0 spiro atoms. The predicted octanol–water partition coefficient (Wildman–Crippen LogP) is 5.27. The zero-order chi connectivity index (χ0) is 22.4. The average Bonchev–Trinajstić information content (AvgIpc) is 3.17. The Morgan fingerprint density at radius 3 is 2.75 bits per heavy atom. The standard InChI is InChI=1S/C22H21BrF2N4O3/c23-15-10-12-2-1-7-28(18(12)11-14(15)20(24)25)21-19-17(4-3-16(26-19)22(30)31)29(27-21)13-5-8-32-9-6-13/h3-4,10-11,13,20H,1-2,5-9H2,(H,30,31). The van der Waals surface area contributed by atoms with Crippen molar-refractivity contribution in [1.29, 1.82) is 0 Å². The van der Waals surface area contributed by atoms with E-state index in [0.717, 1.165) is 36.8 Å². The number of halogens is 3. The van der Waals surface area contributed by atoms with Gasteiger partial charge in [-0.05, 0) is 55.5 Å². The Balaban J connectivity index is 1.70. The first kappa shape index (κ1) is 21.3. The summed E-state index contributed by atoms with van der Waals surface area (Å²) in [7, 11) is 0. The van der Waals surface area contributed by atoms with E-state index < -0.39 is 12.4 Å². The molecule has 32 heavy (non-hydrogen) atoms. The number of benzene rings is 1. The summed E-state index contributed by atoms with van der Waals surface area (Å²) in [5, 5.41) is 14.3. The highest BCUT2D eigenvalue weighted by Crippen LogP contribution is 2.41. The molecule has 1 fully saturated rings. The van der Waals surface area contributed by atoms with Gasteiger partial charge in [-0.15, -0.1) is 0 Å². The molecule has 0 saturated carbocycles. The maximum Gasteiger partial charge on any atom is 0.354 e. The first-order chi connectivity index (χ1) is 15.4. The first-order valence-corrected chi connectivity index (χ1v) is 11.3. The van der Waals surface area contributed by atoms with Crippen LogP contribution in [-0.2, 0) is 11.2 Å². The normalized spacial score (nSPS) is 17.2. The molecule has 168 valence electrons. The molecule has 10 heteroatoms. The second-order valence-corrected chi connectivity index (χ2v) is 8.89. The van der Waals surface area contributed by atoms with Gasteiger partial charge in [0.2, 0.25) is 0 Å². The number of anilines is 2. The number of alkyl halides is 2. The zero-order valence-electron chi connectivity index (χ0n) is 17.1. The van der Waals surface area contributed by atoms with Crippen LogP contribution in [0.3, 0.4) is 0 Å². The number of aromatic nitrogens is 3. The van der Waals surface area contributed by atoms with E-state index in [1.54, 1.807) is 12.1 Å². The van der Waals surface area contributed by atoms with Gasteiger partial charge in [-0.25, -0.2) is 18.6 Å². The van der Waals surface area contributed by atoms with Crippen LogP contribution in [0.4, 0.5) is 20.3 Å². The Bertz CT molecular complexity index is 1190. The lowest BCUT2D eigenvalue weighted by molar-refractivity contribution is 0.0675. The molecule has 1 aromatic carbocycles. The van der Waals surface area contributed by atoms with E-state index >= 15 is 0 Å². The fourth-order valence-electron chi connectivity index (χ4n) is 4.52. The van der Waals surface area contributed by atoms with E-state index in [-0.39, 0.29) is 17.3 Å². The maximum absolute atomic E-state index is 13.6.